The van der Waals surface area contributed by atoms with Gasteiger partial charge in [-0.1, -0.05) is 76.1 Å². The molecule has 4 nitrogen and oxygen atoms in total. The Hall–Kier alpha value is -3.15. The Morgan fingerprint density at radius 1 is 0.970 bits per heavy atom. The van der Waals surface area contributed by atoms with Gasteiger partial charge in [-0.3, -0.25) is 4.79 Å². The first-order chi connectivity index (χ1) is 16.1. The summed E-state index contributed by atoms with van der Waals surface area (Å²) in [5.41, 5.74) is 3.49. The molecule has 2 unspecified atom stereocenters. The number of benzene rings is 4. The first-order valence-electron chi connectivity index (χ1n) is 10.7. The van der Waals surface area contributed by atoms with Gasteiger partial charge in [-0.25, -0.2) is 5.01 Å². The Kier molecular flexibility index (Phi) is 4.97. The van der Waals surface area contributed by atoms with Gasteiger partial charge in [0.1, 0.15) is 5.75 Å². The number of hydrazone groups is 1. The van der Waals surface area contributed by atoms with Crippen molar-refractivity contribution < 1.29 is 9.53 Å². The number of nitrogens with zero attached hydrogens (tertiary/aromatic N) is 2. The maximum absolute atomic E-state index is 13.5. The molecule has 0 amide bonds. The average Bonchev–Trinajstić information content (AvgIpc) is 3.29. The molecule has 33 heavy (non-hydrogen) atoms. The van der Waals surface area contributed by atoms with E-state index in [0.29, 0.717) is 22.8 Å². The fourth-order valence-corrected chi connectivity index (χ4v) is 4.98. The standard InChI is InChI=1S/C27H18BrClN2O2/c28-20-9-7-17(8-10-20)26(32)27-31-24(22-14-21(29)11-12-25(22)33-27)15-23(30-31)19-6-5-16-3-1-2-4-18(16)13-19/h1-14,24,27H,15H2. The second-order valence-corrected chi connectivity index (χ2v) is 9.58. The third kappa shape index (κ3) is 3.62. The van der Waals surface area contributed by atoms with Crippen LogP contribution >= 0.6 is 27.5 Å². The normalized spacial score (nSPS) is 19.0. The van der Waals surface area contributed by atoms with Crippen molar-refractivity contribution in [2.75, 3.05) is 0 Å². The van der Waals surface area contributed by atoms with Gasteiger partial charge in [-0.2, -0.15) is 5.10 Å². The zero-order chi connectivity index (χ0) is 22.5. The molecule has 2 aliphatic heterocycles. The van der Waals surface area contributed by atoms with Crippen LogP contribution in [-0.2, 0) is 0 Å². The molecular formula is C27H18BrClN2O2. The highest BCUT2D eigenvalue weighted by Crippen LogP contribution is 2.44. The summed E-state index contributed by atoms with van der Waals surface area (Å²) >= 11 is 9.74. The van der Waals surface area contributed by atoms with Gasteiger partial charge in [-0.15, -0.1) is 0 Å². The van der Waals surface area contributed by atoms with E-state index in [-0.39, 0.29) is 11.8 Å². The molecule has 6 heteroatoms. The van der Waals surface area contributed by atoms with Crippen LogP contribution in [0.3, 0.4) is 0 Å². The van der Waals surface area contributed by atoms with Gasteiger partial charge < -0.3 is 4.74 Å². The van der Waals surface area contributed by atoms with Gasteiger partial charge in [0.2, 0.25) is 5.78 Å². The van der Waals surface area contributed by atoms with E-state index in [4.69, 9.17) is 21.4 Å². The quantitative estimate of drug-likeness (QED) is 0.275. The minimum Gasteiger partial charge on any atom is -0.461 e. The number of halogens is 2. The molecular weight excluding hydrogens is 500 g/mol. The minimum absolute atomic E-state index is 0.127. The highest BCUT2D eigenvalue weighted by atomic mass is 79.9. The Bertz CT molecular complexity index is 1430. The zero-order valence-corrected chi connectivity index (χ0v) is 19.8. The van der Waals surface area contributed by atoms with Crippen LogP contribution in [0.2, 0.25) is 5.02 Å². The number of carbonyl (C=O) groups excluding carboxylic acids is 1. The van der Waals surface area contributed by atoms with E-state index in [9.17, 15) is 4.79 Å². The van der Waals surface area contributed by atoms with Gasteiger partial charge in [-0.05, 0) is 52.7 Å². The molecule has 162 valence electrons. The summed E-state index contributed by atoms with van der Waals surface area (Å²) in [7, 11) is 0. The van der Waals surface area contributed by atoms with Crippen LogP contribution in [0.1, 0.15) is 33.9 Å². The lowest BCUT2D eigenvalue weighted by Gasteiger charge is -2.37. The van der Waals surface area contributed by atoms with E-state index in [2.05, 4.69) is 46.3 Å². The molecule has 0 radical (unpaired) electrons. The van der Waals surface area contributed by atoms with Crippen LogP contribution < -0.4 is 4.74 Å². The number of fused-ring (bicyclic) bond motifs is 4. The molecule has 2 heterocycles. The summed E-state index contributed by atoms with van der Waals surface area (Å²) in [6, 6.07) is 27.3. The molecule has 0 aliphatic carbocycles. The van der Waals surface area contributed by atoms with Crippen molar-refractivity contribution in [3.8, 4) is 5.75 Å². The smallest absolute Gasteiger partial charge is 0.251 e. The first kappa shape index (κ1) is 20.5. The molecule has 0 saturated heterocycles. The monoisotopic (exact) mass is 516 g/mol. The molecule has 0 N–H and O–H groups in total. The molecule has 0 fully saturated rings. The molecule has 2 aliphatic rings. The van der Waals surface area contributed by atoms with Crippen LogP contribution in [-0.4, -0.2) is 22.7 Å². The molecule has 0 aromatic heterocycles. The predicted octanol–water partition coefficient (Wildman–Crippen LogP) is 7.01. The summed E-state index contributed by atoms with van der Waals surface area (Å²) in [5, 5.41) is 9.68. The van der Waals surface area contributed by atoms with Crippen molar-refractivity contribution in [3.63, 3.8) is 0 Å². The average molecular weight is 518 g/mol. The Labute approximate surface area is 204 Å². The van der Waals surface area contributed by atoms with Gasteiger partial charge >= 0.3 is 0 Å². The Morgan fingerprint density at radius 3 is 2.58 bits per heavy atom. The highest BCUT2D eigenvalue weighted by Gasteiger charge is 2.43. The summed E-state index contributed by atoms with van der Waals surface area (Å²) < 4.78 is 7.12. The number of hydrogen-bond acceptors (Lipinski definition) is 4. The molecule has 4 aromatic carbocycles. The number of Topliss-reactive ketones (excluding diaryl/α,β-unsaturated/α-hetero) is 1. The van der Waals surface area contributed by atoms with Gasteiger partial charge in [0.05, 0.1) is 11.8 Å². The largest absolute Gasteiger partial charge is 0.461 e. The van der Waals surface area contributed by atoms with Crippen molar-refractivity contribution in [2.24, 2.45) is 5.10 Å². The van der Waals surface area contributed by atoms with Crippen molar-refractivity contribution in [2.45, 2.75) is 18.7 Å². The van der Waals surface area contributed by atoms with Crippen LogP contribution in [0.25, 0.3) is 10.8 Å². The van der Waals surface area contributed by atoms with Crippen molar-refractivity contribution in [1.82, 2.24) is 5.01 Å². The van der Waals surface area contributed by atoms with Crippen molar-refractivity contribution in [1.29, 1.82) is 0 Å². The van der Waals surface area contributed by atoms with E-state index < -0.39 is 6.23 Å². The van der Waals surface area contributed by atoms with Crippen LogP contribution in [0.15, 0.2) is 94.5 Å². The van der Waals surface area contributed by atoms with Crippen LogP contribution in [0.4, 0.5) is 0 Å². The number of hydrogen-bond donors (Lipinski definition) is 0. The molecule has 6 rings (SSSR count). The number of ether oxygens (including phenoxy) is 1. The van der Waals surface area contributed by atoms with E-state index in [0.717, 1.165) is 26.7 Å². The van der Waals surface area contributed by atoms with E-state index >= 15 is 0 Å². The van der Waals surface area contributed by atoms with Crippen LogP contribution in [0, 0.1) is 0 Å². The lowest BCUT2D eigenvalue weighted by Crippen LogP contribution is -2.45. The Morgan fingerprint density at radius 2 is 1.76 bits per heavy atom. The second kappa shape index (κ2) is 8.01. The highest BCUT2D eigenvalue weighted by molar-refractivity contribution is 9.10. The van der Waals surface area contributed by atoms with Crippen molar-refractivity contribution in [3.05, 3.63) is 111 Å². The molecule has 0 spiro atoms. The number of rotatable bonds is 3. The van der Waals surface area contributed by atoms with Gasteiger partial charge in [0.15, 0.2) is 0 Å². The minimum atomic E-state index is -0.845. The maximum atomic E-state index is 13.5. The van der Waals surface area contributed by atoms with E-state index in [1.165, 1.54) is 5.39 Å². The fraction of sp³-hybridized carbons (Fsp3) is 0.111. The SMILES string of the molecule is O=C(c1ccc(Br)cc1)C1Oc2ccc(Cl)cc2C2CC(c3ccc4ccccc4c3)=NN12. The van der Waals surface area contributed by atoms with E-state index in [1.807, 2.05) is 36.4 Å². The van der Waals surface area contributed by atoms with Gasteiger partial charge in [0, 0.05) is 27.0 Å². The molecule has 0 bridgehead atoms. The summed E-state index contributed by atoms with van der Waals surface area (Å²) in [6.45, 7) is 0. The Balaban J connectivity index is 1.43. The zero-order valence-electron chi connectivity index (χ0n) is 17.4. The summed E-state index contributed by atoms with van der Waals surface area (Å²) in [6.07, 6.45) is -0.179. The van der Waals surface area contributed by atoms with Crippen molar-refractivity contribution >= 4 is 49.8 Å². The lowest BCUT2D eigenvalue weighted by molar-refractivity contribution is -0.00455. The predicted molar refractivity (Wildman–Crippen MR) is 134 cm³/mol. The van der Waals surface area contributed by atoms with E-state index in [1.54, 1.807) is 23.2 Å². The second-order valence-electron chi connectivity index (χ2n) is 8.23. The number of carbonyl (C=O) groups is 1. The topological polar surface area (TPSA) is 41.9 Å². The maximum Gasteiger partial charge on any atom is 0.251 e. The summed E-state index contributed by atoms with van der Waals surface area (Å²) in [4.78, 5) is 13.5. The number of ketones is 1. The first-order valence-corrected chi connectivity index (χ1v) is 11.8. The van der Waals surface area contributed by atoms with Crippen LogP contribution in [0.5, 0.6) is 5.75 Å². The lowest BCUT2D eigenvalue weighted by atomic mass is 9.95. The molecule has 4 aromatic rings. The van der Waals surface area contributed by atoms with Gasteiger partial charge in [0.25, 0.3) is 6.23 Å². The molecule has 2 atom stereocenters. The molecule has 0 saturated carbocycles. The third-order valence-corrected chi connectivity index (χ3v) is 6.95. The third-order valence-electron chi connectivity index (χ3n) is 6.19. The summed E-state index contributed by atoms with van der Waals surface area (Å²) in [5.74, 6) is 0.544. The fourth-order valence-electron chi connectivity index (χ4n) is 4.53.